The second-order valence-corrected chi connectivity index (χ2v) is 16.3. The van der Waals surface area contributed by atoms with Gasteiger partial charge < -0.3 is 30.1 Å². The number of imidazole rings is 1. The highest BCUT2D eigenvalue weighted by molar-refractivity contribution is 5.98. The fraction of sp³-hybridized carbons (Fsp3) is 0.525. The van der Waals surface area contributed by atoms with Gasteiger partial charge in [-0.2, -0.15) is 0 Å². The van der Waals surface area contributed by atoms with Crippen LogP contribution in [-0.4, -0.2) is 73.8 Å². The highest BCUT2D eigenvalue weighted by Gasteiger charge is 2.53. The normalized spacial score (nSPS) is 23.4. The average Bonchev–Trinajstić information content (AvgIpc) is 3.72. The summed E-state index contributed by atoms with van der Waals surface area (Å²) in [6, 6.07) is 9.69. The number of hydrogen-bond donors (Lipinski definition) is 3. The third-order valence-electron chi connectivity index (χ3n) is 12.2. The Balaban J connectivity index is 1.16. The lowest BCUT2D eigenvalue weighted by Crippen LogP contribution is -2.58. The fourth-order valence-corrected chi connectivity index (χ4v) is 8.52. The molecule has 2 aromatic carbocycles. The van der Waals surface area contributed by atoms with Crippen molar-refractivity contribution < 1.29 is 27.5 Å². The van der Waals surface area contributed by atoms with Crippen LogP contribution >= 0.6 is 0 Å². The molecular formula is C40H47F4N7O2. The van der Waals surface area contributed by atoms with Gasteiger partial charge in [-0.15, -0.1) is 0 Å². The third kappa shape index (κ3) is 5.94. The van der Waals surface area contributed by atoms with Crippen molar-refractivity contribution in [1.82, 2.24) is 24.8 Å². The highest BCUT2D eigenvalue weighted by atomic mass is 19.3. The number of halogens is 4. The van der Waals surface area contributed by atoms with Crippen molar-refractivity contribution >= 4 is 34.1 Å². The van der Waals surface area contributed by atoms with E-state index in [0.29, 0.717) is 22.8 Å². The summed E-state index contributed by atoms with van der Waals surface area (Å²) in [5, 5.41) is 17.0. The molecule has 53 heavy (non-hydrogen) atoms. The molecule has 3 fully saturated rings. The van der Waals surface area contributed by atoms with Crippen LogP contribution in [-0.2, 0) is 5.41 Å². The zero-order valence-corrected chi connectivity index (χ0v) is 30.8. The standard InChI is InChI=1S/C40H47F4N7O2/c1-21(2)50-20-45-30-19-28(23-9-10-27-31(15-23)51(38(53)39(27,4)5)25-16-24(17-25)49-13-7-6-8-14-49)46-35(34(30)50)47-29-18-26(22(3)32(41)33(29)42)36(52)48-40(11-12-40)37(43)44/h9-10,15,18-21,24-25,37-38,53H,6-8,11-14,16-17H2,1-5H3,(H,46,47)(H,48,52)/t24-,25+,38?. The first-order chi connectivity index (χ1) is 25.2. The van der Waals surface area contributed by atoms with Crippen LogP contribution in [0, 0.1) is 18.6 Å². The van der Waals surface area contributed by atoms with Gasteiger partial charge in [0.1, 0.15) is 17.3 Å². The van der Waals surface area contributed by atoms with Gasteiger partial charge in [0.25, 0.3) is 12.3 Å². The SMILES string of the molecule is Cc1c(C(=O)NC2(C(F)F)CC2)cc(Nc2nc(-c3ccc4c(c3)N([C@H]3C[C@@H](N5CCCCC5)C3)C(O)C4(C)C)cc3ncn(C(C)C)c23)c(F)c1F. The molecule has 4 aromatic rings. The van der Waals surface area contributed by atoms with E-state index < -0.39 is 41.1 Å². The predicted octanol–water partition coefficient (Wildman–Crippen LogP) is 7.97. The van der Waals surface area contributed by atoms with Crippen LogP contribution in [0.15, 0.2) is 36.7 Å². The van der Waals surface area contributed by atoms with Gasteiger partial charge in [0, 0.05) is 45.9 Å². The van der Waals surface area contributed by atoms with Crippen LogP contribution in [0.25, 0.3) is 22.3 Å². The Morgan fingerprint density at radius 3 is 2.38 bits per heavy atom. The number of fused-ring (bicyclic) bond motifs is 2. The topological polar surface area (TPSA) is 98.6 Å². The molecule has 1 amide bonds. The van der Waals surface area contributed by atoms with Crippen LogP contribution in [0.2, 0.25) is 0 Å². The van der Waals surface area contributed by atoms with Gasteiger partial charge in [0.2, 0.25) is 0 Å². The summed E-state index contributed by atoms with van der Waals surface area (Å²) in [7, 11) is 0. The van der Waals surface area contributed by atoms with E-state index in [4.69, 9.17) is 4.98 Å². The number of aliphatic hydroxyl groups is 1. The molecule has 13 heteroatoms. The summed E-state index contributed by atoms with van der Waals surface area (Å²) < 4.78 is 60.3. The van der Waals surface area contributed by atoms with E-state index in [1.165, 1.54) is 26.2 Å². The van der Waals surface area contributed by atoms with Crippen LogP contribution in [0.3, 0.4) is 0 Å². The van der Waals surface area contributed by atoms with Crippen LogP contribution in [0.1, 0.15) is 100 Å². The molecule has 1 atom stereocenters. The summed E-state index contributed by atoms with van der Waals surface area (Å²) in [6.07, 6.45) is 4.13. The van der Waals surface area contributed by atoms with E-state index in [0.717, 1.165) is 48.8 Å². The summed E-state index contributed by atoms with van der Waals surface area (Å²) in [6.45, 7) is 11.6. The Morgan fingerprint density at radius 1 is 1.00 bits per heavy atom. The maximum atomic E-state index is 15.7. The smallest absolute Gasteiger partial charge is 0.261 e. The van der Waals surface area contributed by atoms with Gasteiger partial charge in [-0.3, -0.25) is 4.79 Å². The summed E-state index contributed by atoms with van der Waals surface area (Å²) >= 11 is 0. The minimum atomic E-state index is -2.78. The molecule has 0 bridgehead atoms. The minimum Gasteiger partial charge on any atom is -0.373 e. The van der Waals surface area contributed by atoms with Crippen molar-refractivity contribution in [3.8, 4) is 11.3 Å². The van der Waals surface area contributed by atoms with Gasteiger partial charge >= 0.3 is 0 Å². The van der Waals surface area contributed by atoms with Crippen LogP contribution < -0.4 is 15.5 Å². The summed E-state index contributed by atoms with van der Waals surface area (Å²) in [4.78, 5) is 27.6. The van der Waals surface area contributed by atoms with Gasteiger partial charge in [0.15, 0.2) is 17.5 Å². The van der Waals surface area contributed by atoms with E-state index >= 15 is 8.78 Å². The van der Waals surface area contributed by atoms with Crippen molar-refractivity contribution in [1.29, 1.82) is 0 Å². The fourth-order valence-electron chi connectivity index (χ4n) is 8.52. The van der Waals surface area contributed by atoms with Crippen molar-refractivity contribution in [3.05, 3.63) is 65.0 Å². The first-order valence-electron chi connectivity index (χ1n) is 18.8. The Morgan fingerprint density at radius 2 is 1.72 bits per heavy atom. The number of amides is 1. The molecule has 0 spiro atoms. The average molecular weight is 734 g/mol. The lowest BCUT2D eigenvalue weighted by Gasteiger charge is -2.50. The Hall–Kier alpha value is -4.23. The Labute approximate surface area is 306 Å². The number of aromatic nitrogens is 3. The van der Waals surface area contributed by atoms with Gasteiger partial charge in [-0.25, -0.2) is 27.5 Å². The lowest BCUT2D eigenvalue weighted by molar-refractivity contribution is 0.0502. The lowest BCUT2D eigenvalue weighted by atomic mass is 9.82. The van der Waals surface area contributed by atoms with E-state index in [2.05, 4.69) is 39.3 Å². The molecule has 282 valence electrons. The van der Waals surface area contributed by atoms with E-state index in [1.54, 1.807) is 6.33 Å². The molecule has 3 N–H and O–H groups in total. The monoisotopic (exact) mass is 733 g/mol. The van der Waals surface area contributed by atoms with Gasteiger partial charge in [0.05, 0.1) is 23.2 Å². The van der Waals surface area contributed by atoms with Crippen molar-refractivity contribution in [3.63, 3.8) is 0 Å². The number of aliphatic hydroxyl groups excluding tert-OH is 1. The largest absolute Gasteiger partial charge is 0.373 e. The van der Waals surface area contributed by atoms with Crippen molar-refractivity contribution in [2.75, 3.05) is 23.3 Å². The molecule has 1 unspecified atom stereocenters. The number of benzene rings is 2. The number of carbonyl (C=O) groups is 1. The maximum absolute atomic E-state index is 15.7. The summed E-state index contributed by atoms with van der Waals surface area (Å²) in [5.74, 6) is -3.20. The number of carbonyl (C=O) groups excluding carboxylic acids is 1. The molecule has 2 aliphatic carbocycles. The number of pyridine rings is 1. The molecule has 8 rings (SSSR count). The molecule has 4 aliphatic rings. The first kappa shape index (κ1) is 35.8. The van der Waals surface area contributed by atoms with E-state index in [9.17, 15) is 18.7 Å². The second kappa shape index (κ2) is 13.0. The van der Waals surface area contributed by atoms with Gasteiger partial charge in [-0.05, 0) is 96.1 Å². The number of alkyl halides is 2. The number of anilines is 3. The number of likely N-dealkylation sites (tertiary alicyclic amines) is 1. The number of piperidine rings is 1. The highest BCUT2D eigenvalue weighted by Crippen LogP contribution is 2.50. The number of rotatable bonds is 9. The molecule has 2 aromatic heterocycles. The zero-order chi connectivity index (χ0) is 37.6. The van der Waals surface area contributed by atoms with Crippen molar-refractivity contribution in [2.45, 2.75) is 121 Å². The third-order valence-corrected chi connectivity index (χ3v) is 12.2. The number of nitrogens with one attached hydrogen (secondary N) is 2. The zero-order valence-electron chi connectivity index (χ0n) is 30.8. The predicted molar refractivity (Wildman–Crippen MR) is 197 cm³/mol. The molecular weight excluding hydrogens is 686 g/mol. The van der Waals surface area contributed by atoms with Crippen molar-refractivity contribution in [2.24, 2.45) is 0 Å². The number of nitrogens with zero attached hydrogens (tertiary/aromatic N) is 5. The molecule has 0 radical (unpaired) electrons. The number of hydrogen-bond acceptors (Lipinski definition) is 7. The summed E-state index contributed by atoms with van der Waals surface area (Å²) in [5.41, 5.74) is 1.33. The van der Waals surface area contributed by atoms with Gasteiger partial charge in [-0.1, -0.05) is 32.4 Å². The Bertz CT molecular complexity index is 2080. The van der Waals surface area contributed by atoms with E-state index in [1.807, 2.05) is 42.7 Å². The maximum Gasteiger partial charge on any atom is 0.261 e. The molecule has 2 aliphatic heterocycles. The first-order valence-corrected chi connectivity index (χ1v) is 18.8. The quantitative estimate of drug-likeness (QED) is 0.150. The van der Waals surface area contributed by atoms with E-state index in [-0.39, 0.29) is 47.6 Å². The second-order valence-electron chi connectivity index (χ2n) is 16.3. The van der Waals surface area contributed by atoms with Crippen LogP contribution in [0.4, 0.5) is 34.8 Å². The molecule has 2 saturated carbocycles. The molecule has 4 heterocycles. The minimum absolute atomic E-state index is 0.0632. The molecule has 1 saturated heterocycles. The Kier molecular flexibility index (Phi) is 8.75. The van der Waals surface area contributed by atoms with Crippen LogP contribution in [0.5, 0.6) is 0 Å². The molecule has 9 nitrogen and oxygen atoms in total.